The number of benzene rings is 1. The van der Waals surface area contributed by atoms with E-state index in [1.54, 1.807) is 12.1 Å². The zero-order valence-corrected chi connectivity index (χ0v) is 7.61. The van der Waals surface area contributed by atoms with E-state index in [-0.39, 0.29) is 0 Å². The van der Waals surface area contributed by atoms with E-state index in [9.17, 15) is 0 Å². The van der Waals surface area contributed by atoms with E-state index in [4.69, 9.17) is 10.1 Å². The minimum absolute atomic E-state index is 0.706. The topological polar surface area (TPSA) is 49.7 Å². The fourth-order valence-corrected chi connectivity index (χ4v) is 0.800. The SMILES string of the molecule is CO.OB(OS)c1ccccc1. The van der Waals surface area contributed by atoms with Gasteiger partial charge in [-0.1, -0.05) is 30.3 Å². The highest BCUT2D eigenvalue weighted by atomic mass is 32.1. The molecule has 1 aromatic carbocycles. The Hall–Kier alpha value is -0.485. The average Bonchev–Trinajstić information content (AvgIpc) is 2.21. The summed E-state index contributed by atoms with van der Waals surface area (Å²) in [7, 11) is 0.0736. The summed E-state index contributed by atoms with van der Waals surface area (Å²) < 4.78 is 4.39. The Morgan fingerprint density at radius 3 is 2.17 bits per heavy atom. The van der Waals surface area contributed by atoms with Crippen molar-refractivity contribution in [3.05, 3.63) is 30.3 Å². The number of hydrogen-bond acceptors (Lipinski definition) is 4. The molecule has 0 saturated heterocycles. The van der Waals surface area contributed by atoms with Gasteiger partial charge in [-0.15, -0.1) is 0 Å². The van der Waals surface area contributed by atoms with Gasteiger partial charge in [0.2, 0.25) is 0 Å². The number of thiol groups is 1. The normalized spacial score (nSPS) is 8.33. The van der Waals surface area contributed by atoms with E-state index in [0.717, 1.165) is 7.11 Å². The molecule has 2 N–H and O–H groups in total. The van der Waals surface area contributed by atoms with Crippen LogP contribution in [0, 0.1) is 0 Å². The van der Waals surface area contributed by atoms with E-state index in [0.29, 0.717) is 5.46 Å². The zero-order chi connectivity index (χ0) is 9.40. The molecule has 0 unspecified atom stereocenters. The maximum atomic E-state index is 9.03. The minimum atomic E-state index is -0.926. The van der Waals surface area contributed by atoms with Crippen LogP contribution in [0.5, 0.6) is 0 Å². The highest BCUT2D eigenvalue weighted by Gasteiger charge is 2.12. The molecule has 3 nitrogen and oxygen atoms in total. The number of hydrogen-bond donors (Lipinski definition) is 3. The molecule has 0 aliphatic carbocycles. The highest BCUT2D eigenvalue weighted by Crippen LogP contribution is 1.88. The van der Waals surface area contributed by atoms with Crippen molar-refractivity contribution in [2.75, 3.05) is 7.11 Å². The lowest BCUT2D eigenvalue weighted by molar-refractivity contribution is 0.399. The molecule has 0 spiro atoms. The second kappa shape index (κ2) is 7.18. The van der Waals surface area contributed by atoms with Crippen LogP contribution < -0.4 is 5.46 Å². The van der Waals surface area contributed by atoms with E-state index < -0.39 is 7.12 Å². The van der Waals surface area contributed by atoms with Gasteiger partial charge in [-0.05, 0) is 18.4 Å². The third-order valence-corrected chi connectivity index (χ3v) is 1.38. The van der Waals surface area contributed by atoms with E-state index in [1.165, 1.54) is 0 Å². The first-order valence-electron chi connectivity index (χ1n) is 3.32. The molecule has 0 radical (unpaired) electrons. The molecule has 0 aromatic heterocycles. The molecule has 1 aromatic rings. The van der Waals surface area contributed by atoms with Gasteiger partial charge in [-0.25, -0.2) is 0 Å². The Bertz CT molecular complexity index is 195. The predicted molar refractivity (Wildman–Crippen MR) is 52.3 cm³/mol. The minimum Gasteiger partial charge on any atom is -0.423 e. The predicted octanol–water partition coefficient (Wildman–Crippen LogP) is -0.156. The smallest absolute Gasteiger partial charge is 0.423 e. The summed E-state index contributed by atoms with van der Waals surface area (Å²) in [5.41, 5.74) is 0.706. The molecule has 0 aliphatic rings. The summed E-state index contributed by atoms with van der Waals surface area (Å²) in [5.74, 6) is 0. The quantitative estimate of drug-likeness (QED) is 0.342. The molecule has 0 saturated carbocycles. The molecule has 66 valence electrons. The fourth-order valence-electron chi connectivity index (χ4n) is 0.679. The molecule has 0 amide bonds. The second-order valence-electron chi connectivity index (χ2n) is 1.87. The highest BCUT2D eigenvalue weighted by molar-refractivity contribution is 7.76. The van der Waals surface area contributed by atoms with Crippen molar-refractivity contribution in [2.24, 2.45) is 0 Å². The second-order valence-corrected chi connectivity index (χ2v) is 2.08. The van der Waals surface area contributed by atoms with E-state index in [2.05, 4.69) is 17.0 Å². The van der Waals surface area contributed by atoms with Gasteiger partial charge in [-0.2, -0.15) is 0 Å². The third kappa shape index (κ3) is 3.78. The van der Waals surface area contributed by atoms with Crippen LogP contribution in [0.2, 0.25) is 0 Å². The molecule has 12 heavy (non-hydrogen) atoms. The van der Waals surface area contributed by atoms with Gasteiger partial charge in [0.25, 0.3) is 0 Å². The van der Waals surface area contributed by atoms with Crippen molar-refractivity contribution in [1.29, 1.82) is 0 Å². The largest absolute Gasteiger partial charge is 0.502 e. The monoisotopic (exact) mass is 186 g/mol. The first kappa shape index (κ1) is 11.5. The van der Waals surface area contributed by atoms with Crippen LogP contribution in [0.25, 0.3) is 0 Å². The molecule has 0 atom stereocenters. The van der Waals surface area contributed by atoms with Crippen LogP contribution in [0.4, 0.5) is 0 Å². The van der Waals surface area contributed by atoms with Crippen LogP contribution in [-0.4, -0.2) is 24.4 Å². The summed E-state index contributed by atoms with van der Waals surface area (Å²) >= 11 is 3.48. The van der Waals surface area contributed by atoms with Crippen LogP contribution in [0.15, 0.2) is 30.3 Å². The van der Waals surface area contributed by atoms with Crippen molar-refractivity contribution in [3.63, 3.8) is 0 Å². The summed E-state index contributed by atoms with van der Waals surface area (Å²) in [6.45, 7) is 0. The molecular formula is C7H11BO3S. The lowest BCUT2D eigenvalue weighted by Gasteiger charge is -1.99. The number of rotatable bonds is 2. The standard InChI is InChI=1S/C6H7BO2S.CH4O/c8-7(9-10)6-4-2-1-3-5-6;1-2/h1-5,8,10H;2H,1H3. The Balaban J connectivity index is 0.000000561. The van der Waals surface area contributed by atoms with Crippen molar-refractivity contribution in [1.82, 2.24) is 0 Å². The first-order chi connectivity index (χ1) is 5.84. The van der Waals surface area contributed by atoms with Gasteiger partial charge in [0.05, 0.1) is 0 Å². The van der Waals surface area contributed by atoms with E-state index >= 15 is 0 Å². The Morgan fingerprint density at radius 2 is 1.75 bits per heavy atom. The number of aliphatic hydroxyl groups is 1. The summed E-state index contributed by atoms with van der Waals surface area (Å²) in [4.78, 5) is 0. The molecule has 0 aliphatic heterocycles. The average molecular weight is 186 g/mol. The maximum absolute atomic E-state index is 9.03. The third-order valence-electron chi connectivity index (χ3n) is 1.18. The molecule has 0 heterocycles. The van der Waals surface area contributed by atoms with Gasteiger partial charge >= 0.3 is 7.12 Å². The van der Waals surface area contributed by atoms with Gasteiger partial charge < -0.3 is 14.2 Å². The summed E-state index contributed by atoms with van der Waals surface area (Å²) in [6.07, 6.45) is 0. The van der Waals surface area contributed by atoms with Gasteiger partial charge in [0.1, 0.15) is 0 Å². The summed E-state index contributed by atoms with van der Waals surface area (Å²) in [5, 5.41) is 16.0. The van der Waals surface area contributed by atoms with Gasteiger partial charge in [-0.3, -0.25) is 0 Å². The van der Waals surface area contributed by atoms with Crippen LogP contribution >= 0.6 is 12.9 Å². The lowest BCUT2D eigenvalue weighted by atomic mass is 9.81. The zero-order valence-electron chi connectivity index (χ0n) is 6.71. The first-order valence-corrected chi connectivity index (χ1v) is 3.69. The van der Waals surface area contributed by atoms with Gasteiger partial charge in [0.15, 0.2) is 0 Å². The van der Waals surface area contributed by atoms with Crippen LogP contribution in [0.1, 0.15) is 0 Å². The van der Waals surface area contributed by atoms with Crippen molar-refractivity contribution >= 4 is 25.5 Å². The Labute approximate surface area is 77.8 Å². The van der Waals surface area contributed by atoms with Crippen LogP contribution in [-0.2, 0) is 4.10 Å². The van der Waals surface area contributed by atoms with Crippen molar-refractivity contribution < 1.29 is 14.2 Å². The maximum Gasteiger partial charge on any atom is 0.502 e. The molecule has 1 rings (SSSR count). The lowest BCUT2D eigenvalue weighted by Crippen LogP contribution is -2.30. The Morgan fingerprint density at radius 1 is 1.25 bits per heavy atom. The summed E-state index contributed by atoms with van der Waals surface area (Å²) in [6, 6.07) is 9.05. The van der Waals surface area contributed by atoms with Gasteiger partial charge in [0, 0.05) is 7.11 Å². The Kier molecular flexibility index (Phi) is 6.89. The molecular weight excluding hydrogens is 175 g/mol. The number of aliphatic hydroxyl groups excluding tert-OH is 1. The van der Waals surface area contributed by atoms with E-state index in [1.807, 2.05) is 18.2 Å². The molecule has 0 fully saturated rings. The van der Waals surface area contributed by atoms with Crippen molar-refractivity contribution in [3.8, 4) is 0 Å². The molecule has 5 heteroatoms. The molecule has 0 bridgehead atoms. The van der Waals surface area contributed by atoms with Crippen molar-refractivity contribution in [2.45, 2.75) is 0 Å². The fraction of sp³-hybridized carbons (Fsp3) is 0.143. The van der Waals surface area contributed by atoms with Crippen LogP contribution in [0.3, 0.4) is 0 Å².